The van der Waals surface area contributed by atoms with Crippen molar-refractivity contribution in [3.8, 4) is 0 Å². The van der Waals surface area contributed by atoms with Crippen molar-refractivity contribution in [2.24, 2.45) is 4.99 Å². The zero-order valence-corrected chi connectivity index (χ0v) is 21.0. The van der Waals surface area contributed by atoms with Crippen LogP contribution in [0.5, 0.6) is 0 Å². The normalized spacial score (nSPS) is 30.2. The summed E-state index contributed by atoms with van der Waals surface area (Å²) in [6.45, 7) is 8.39. The highest BCUT2D eigenvalue weighted by molar-refractivity contribution is 6.00. The van der Waals surface area contributed by atoms with Crippen LogP contribution in [0.25, 0.3) is 0 Å². The molecule has 184 valence electrons. The molecule has 4 unspecified atom stereocenters. The number of piperazine rings is 1. The number of nitrogens with one attached hydrogen (secondary N) is 1. The lowest BCUT2D eigenvalue weighted by molar-refractivity contribution is 0.127. The van der Waals surface area contributed by atoms with Gasteiger partial charge < -0.3 is 20.1 Å². The molecule has 2 N–H and O–H groups in total. The van der Waals surface area contributed by atoms with Gasteiger partial charge in [0.15, 0.2) is 0 Å². The lowest BCUT2D eigenvalue weighted by Gasteiger charge is -2.39. The Balaban J connectivity index is 1.42. The van der Waals surface area contributed by atoms with Crippen LogP contribution in [0.2, 0.25) is 0 Å². The third-order valence-corrected chi connectivity index (χ3v) is 8.02. The molecule has 4 aliphatic rings. The van der Waals surface area contributed by atoms with Gasteiger partial charge in [-0.3, -0.25) is 4.90 Å². The molecule has 0 spiro atoms. The number of allylic oxidation sites excluding steroid dienone is 1. The molecule has 3 aliphatic heterocycles. The number of hydrogen-bond donors (Lipinski definition) is 2. The number of amidine groups is 1. The van der Waals surface area contributed by atoms with Gasteiger partial charge in [0.25, 0.3) is 0 Å². The van der Waals surface area contributed by atoms with Gasteiger partial charge in [-0.1, -0.05) is 43.2 Å². The maximum Gasteiger partial charge on any atom is 0.210 e. The fourth-order valence-corrected chi connectivity index (χ4v) is 6.29. The average molecular weight is 465 g/mol. The zero-order valence-electron chi connectivity index (χ0n) is 21.0. The van der Waals surface area contributed by atoms with E-state index in [4.69, 9.17) is 9.73 Å². The van der Waals surface area contributed by atoms with Gasteiger partial charge in [-0.2, -0.15) is 4.99 Å². The van der Waals surface area contributed by atoms with Gasteiger partial charge in [0.1, 0.15) is 5.84 Å². The Morgan fingerprint density at radius 2 is 1.94 bits per heavy atom. The second-order valence-electron chi connectivity index (χ2n) is 10.4. The predicted octanol–water partition coefficient (Wildman–Crippen LogP) is 4.31. The summed E-state index contributed by atoms with van der Waals surface area (Å²) in [6, 6.07) is 9.82. The minimum Gasteiger partial charge on any atom is -0.481 e. The van der Waals surface area contributed by atoms with E-state index >= 15 is 0 Å². The van der Waals surface area contributed by atoms with Crippen LogP contribution in [-0.4, -0.2) is 66.1 Å². The number of aliphatic hydroxyl groups excluding tert-OH is 1. The van der Waals surface area contributed by atoms with Crippen LogP contribution in [0.3, 0.4) is 0 Å². The summed E-state index contributed by atoms with van der Waals surface area (Å²) in [6.07, 6.45) is 8.11. The Kier molecular flexibility index (Phi) is 7.09. The first kappa shape index (κ1) is 23.6. The van der Waals surface area contributed by atoms with Gasteiger partial charge in [-0.05, 0) is 61.8 Å². The molecule has 0 saturated carbocycles. The number of rotatable bonds is 6. The molecule has 0 radical (unpaired) electrons. The molecule has 2 saturated heterocycles. The van der Waals surface area contributed by atoms with Crippen LogP contribution in [-0.2, 0) is 4.74 Å². The number of benzene rings is 1. The molecule has 4 atom stereocenters. The van der Waals surface area contributed by atoms with Gasteiger partial charge in [-0.25, -0.2) is 0 Å². The quantitative estimate of drug-likeness (QED) is 0.373. The average Bonchev–Trinajstić information content (AvgIpc) is 3.37. The van der Waals surface area contributed by atoms with Crippen molar-refractivity contribution in [2.75, 3.05) is 33.3 Å². The molecule has 0 amide bonds. The first-order chi connectivity index (χ1) is 16.6. The van der Waals surface area contributed by atoms with Crippen molar-refractivity contribution in [3.05, 3.63) is 58.5 Å². The second-order valence-corrected chi connectivity index (χ2v) is 10.4. The molecule has 0 aromatic heterocycles. The van der Waals surface area contributed by atoms with E-state index in [2.05, 4.69) is 53.2 Å². The SMILES string of the molecule is CCC/C=C(/N=C(\C1=C(C)CN(C2CC(O)c3ccccc32)CC1)N1CC2CCC(C1)N2)OC. The van der Waals surface area contributed by atoms with E-state index in [9.17, 15) is 5.11 Å². The van der Waals surface area contributed by atoms with Crippen molar-refractivity contribution in [2.45, 2.75) is 76.6 Å². The molecule has 5 rings (SSSR count). The predicted molar refractivity (Wildman–Crippen MR) is 137 cm³/mol. The molecule has 2 bridgehead atoms. The van der Waals surface area contributed by atoms with E-state index < -0.39 is 0 Å². The number of aliphatic hydroxyl groups is 1. The molecule has 34 heavy (non-hydrogen) atoms. The lowest BCUT2D eigenvalue weighted by atomic mass is 9.96. The largest absolute Gasteiger partial charge is 0.481 e. The molecule has 3 heterocycles. The molecule has 6 heteroatoms. The van der Waals surface area contributed by atoms with Gasteiger partial charge in [0, 0.05) is 44.3 Å². The van der Waals surface area contributed by atoms with E-state index in [1.807, 2.05) is 6.07 Å². The number of ether oxygens (including phenoxy) is 1. The number of methoxy groups -OCH3 is 1. The first-order valence-corrected chi connectivity index (χ1v) is 13.1. The Morgan fingerprint density at radius 3 is 2.62 bits per heavy atom. The highest BCUT2D eigenvalue weighted by atomic mass is 16.5. The number of likely N-dealkylation sites (tertiary alicyclic amines) is 1. The van der Waals surface area contributed by atoms with Crippen molar-refractivity contribution in [1.29, 1.82) is 0 Å². The van der Waals surface area contributed by atoms with Gasteiger partial charge in [-0.15, -0.1) is 0 Å². The lowest BCUT2D eigenvalue weighted by Crippen LogP contribution is -2.54. The van der Waals surface area contributed by atoms with Crippen LogP contribution >= 0.6 is 0 Å². The maximum atomic E-state index is 10.6. The molecule has 2 fully saturated rings. The van der Waals surface area contributed by atoms with E-state index in [-0.39, 0.29) is 12.1 Å². The number of aliphatic imine (C=N–C) groups is 1. The van der Waals surface area contributed by atoms with Crippen LogP contribution < -0.4 is 5.32 Å². The first-order valence-electron chi connectivity index (χ1n) is 13.1. The molecule has 6 nitrogen and oxygen atoms in total. The number of fused-ring (bicyclic) bond motifs is 3. The van der Waals surface area contributed by atoms with Gasteiger partial charge in [0.2, 0.25) is 5.88 Å². The topological polar surface area (TPSA) is 60.3 Å². The second kappa shape index (κ2) is 10.2. The Labute approximate surface area is 204 Å². The molecular weight excluding hydrogens is 424 g/mol. The van der Waals surface area contributed by atoms with Crippen LogP contribution in [0.1, 0.15) is 75.6 Å². The number of nitrogens with zero attached hydrogens (tertiary/aromatic N) is 3. The molecular formula is C28H40N4O2. The summed E-state index contributed by atoms with van der Waals surface area (Å²) in [4.78, 5) is 10.2. The summed E-state index contributed by atoms with van der Waals surface area (Å²) in [5.74, 6) is 1.85. The van der Waals surface area contributed by atoms with Gasteiger partial charge >= 0.3 is 0 Å². The third-order valence-electron chi connectivity index (χ3n) is 8.02. The Hall–Kier alpha value is -2.15. The summed E-state index contributed by atoms with van der Waals surface area (Å²) in [7, 11) is 1.73. The zero-order chi connectivity index (χ0) is 23.7. The maximum absolute atomic E-state index is 10.6. The van der Waals surface area contributed by atoms with E-state index in [0.29, 0.717) is 12.1 Å². The summed E-state index contributed by atoms with van der Waals surface area (Å²) in [5, 5.41) is 14.4. The van der Waals surface area contributed by atoms with Crippen LogP contribution in [0, 0.1) is 0 Å². The standard InChI is InChI=1S/C28H40N4O2/c1-4-5-10-27(34-3)30-28(32-17-20-11-12-21(18-32)29-20)22-13-14-31(16-19(22)2)25-15-26(33)24-9-7-6-8-23(24)25/h6-10,20-21,25-26,29,33H,4-5,11-18H2,1-3H3/b27-10-,30-28+. The molecule has 1 aromatic rings. The number of unbranched alkanes of at least 4 members (excludes halogenated alkanes) is 1. The number of hydrogen-bond acceptors (Lipinski definition) is 5. The third kappa shape index (κ3) is 4.68. The van der Waals surface area contributed by atoms with E-state index in [0.717, 1.165) is 69.1 Å². The van der Waals surface area contributed by atoms with Crippen molar-refractivity contribution in [1.82, 2.24) is 15.1 Å². The van der Waals surface area contributed by atoms with Crippen LogP contribution in [0.15, 0.2) is 52.4 Å². The Morgan fingerprint density at radius 1 is 1.21 bits per heavy atom. The summed E-state index contributed by atoms with van der Waals surface area (Å²) < 4.78 is 5.69. The summed E-state index contributed by atoms with van der Waals surface area (Å²) >= 11 is 0. The Bertz CT molecular complexity index is 972. The van der Waals surface area contributed by atoms with Crippen LogP contribution in [0.4, 0.5) is 0 Å². The minimum atomic E-state index is -0.353. The minimum absolute atomic E-state index is 0.289. The molecule has 1 aliphatic carbocycles. The highest BCUT2D eigenvalue weighted by Gasteiger charge is 2.38. The summed E-state index contributed by atoms with van der Waals surface area (Å²) in [5.41, 5.74) is 5.16. The molecule has 1 aromatic carbocycles. The van der Waals surface area contributed by atoms with Crippen molar-refractivity contribution in [3.63, 3.8) is 0 Å². The fourth-order valence-electron chi connectivity index (χ4n) is 6.29. The monoisotopic (exact) mass is 464 g/mol. The van der Waals surface area contributed by atoms with E-state index in [1.165, 1.54) is 29.6 Å². The van der Waals surface area contributed by atoms with Gasteiger partial charge in [0.05, 0.1) is 13.2 Å². The smallest absolute Gasteiger partial charge is 0.210 e. The fraction of sp³-hybridized carbons (Fsp3) is 0.607. The van der Waals surface area contributed by atoms with Crippen molar-refractivity contribution < 1.29 is 9.84 Å². The highest BCUT2D eigenvalue weighted by Crippen LogP contribution is 2.43. The van der Waals surface area contributed by atoms with Crippen molar-refractivity contribution >= 4 is 5.84 Å². The van der Waals surface area contributed by atoms with E-state index in [1.54, 1.807) is 7.11 Å².